The largest absolute Gasteiger partial charge is 0.493 e. The van der Waals surface area contributed by atoms with Crippen LogP contribution < -0.4 is 14.8 Å². The molecule has 7 heteroatoms. The van der Waals surface area contributed by atoms with Crippen LogP contribution in [0.15, 0.2) is 48.5 Å². The lowest BCUT2D eigenvalue weighted by Gasteiger charge is -2.34. The van der Waals surface area contributed by atoms with Crippen LogP contribution in [-0.2, 0) is 6.54 Å². The Balaban J connectivity index is 1.47. The lowest BCUT2D eigenvalue weighted by atomic mass is 10.1. The van der Waals surface area contributed by atoms with Crippen LogP contribution in [-0.4, -0.2) is 68.6 Å². The summed E-state index contributed by atoms with van der Waals surface area (Å²) in [4.78, 5) is 28.8. The molecule has 1 N–H and O–H groups in total. The second-order valence-electron chi connectivity index (χ2n) is 6.90. The predicted molar refractivity (Wildman–Crippen MR) is 111 cm³/mol. The fourth-order valence-corrected chi connectivity index (χ4v) is 3.30. The summed E-state index contributed by atoms with van der Waals surface area (Å²) in [7, 11) is 3.11. The van der Waals surface area contributed by atoms with Crippen LogP contribution in [0, 0.1) is 0 Å². The number of piperazine rings is 1. The van der Waals surface area contributed by atoms with Crippen molar-refractivity contribution in [3.63, 3.8) is 0 Å². The van der Waals surface area contributed by atoms with E-state index in [9.17, 15) is 9.59 Å². The summed E-state index contributed by atoms with van der Waals surface area (Å²) in [5.74, 6) is 1.16. The summed E-state index contributed by atoms with van der Waals surface area (Å²) in [6, 6.07) is 14.9. The van der Waals surface area contributed by atoms with Crippen molar-refractivity contribution in [2.45, 2.75) is 6.54 Å². The fourth-order valence-electron chi connectivity index (χ4n) is 3.30. The first kappa shape index (κ1) is 20.7. The number of nitrogens with zero attached hydrogens (tertiary/aromatic N) is 2. The number of Topliss-reactive ketones (excluding diaryl/α,β-unsaturated/α-hetero) is 1. The van der Waals surface area contributed by atoms with Gasteiger partial charge in [0.2, 0.25) is 0 Å². The van der Waals surface area contributed by atoms with Crippen LogP contribution in [0.25, 0.3) is 0 Å². The molecule has 0 spiro atoms. The summed E-state index contributed by atoms with van der Waals surface area (Å²) in [6.45, 7) is 3.35. The number of hydrogen-bond acceptors (Lipinski definition) is 5. The van der Waals surface area contributed by atoms with Crippen molar-refractivity contribution in [2.24, 2.45) is 0 Å². The predicted octanol–water partition coefficient (Wildman–Crippen LogP) is 2.41. The van der Waals surface area contributed by atoms with E-state index in [1.165, 1.54) is 0 Å². The third-order valence-electron chi connectivity index (χ3n) is 5.02. The van der Waals surface area contributed by atoms with Crippen molar-refractivity contribution in [1.82, 2.24) is 15.1 Å². The molecular formula is C22H27N3O4. The Morgan fingerprint density at radius 1 is 0.931 bits per heavy atom. The van der Waals surface area contributed by atoms with Gasteiger partial charge in [-0.25, -0.2) is 4.79 Å². The van der Waals surface area contributed by atoms with Gasteiger partial charge in [0.1, 0.15) is 0 Å². The van der Waals surface area contributed by atoms with Crippen molar-refractivity contribution in [1.29, 1.82) is 0 Å². The molecule has 154 valence electrons. The zero-order valence-corrected chi connectivity index (χ0v) is 16.9. The van der Waals surface area contributed by atoms with E-state index in [-0.39, 0.29) is 11.8 Å². The minimum Gasteiger partial charge on any atom is -0.493 e. The topological polar surface area (TPSA) is 71.1 Å². The van der Waals surface area contributed by atoms with Gasteiger partial charge in [-0.3, -0.25) is 9.69 Å². The first-order valence-corrected chi connectivity index (χ1v) is 9.65. The number of urea groups is 1. The molecule has 7 nitrogen and oxygen atoms in total. The summed E-state index contributed by atoms with van der Waals surface area (Å²) in [5.41, 5.74) is 1.66. The highest BCUT2D eigenvalue weighted by Gasteiger charge is 2.23. The van der Waals surface area contributed by atoms with Gasteiger partial charge in [0.25, 0.3) is 0 Å². The van der Waals surface area contributed by atoms with Gasteiger partial charge < -0.3 is 19.7 Å². The van der Waals surface area contributed by atoms with Crippen molar-refractivity contribution in [2.75, 3.05) is 46.9 Å². The highest BCUT2D eigenvalue weighted by molar-refractivity contribution is 5.98. The molecule has 2 aromatic rings. The van der Waals surface area contributed by atoms with Crippen LogP contribution in [0.4, 0.5) is 4.79 Å². The number of methoxy groups -OCH3 is 2. The number of benzene rings is 2. The maximum Gasteiger partial charge on any atom is 0.317 e. The van der Waals surface area contributed by atoms with E-state index < -0.39 is 0 Å². The molecule has 0 aliphatic carbocycles. The number of ketones is 1. The molecule has 1 fully saturated rings. The standard InChI is InChI=1S/C22H27N3O4/c1-28-20-9-8-18(14-21(20)29-2)19(26)16-24-10-12-25(13-11-24)22(27)23-15-17-6-4-3-5-7-17/h3-9,14H,10-13,15-16H2,1-2H3,(H,23,27). The average molecular weight is 397 g/mol. The lowest BCUT2D eigenvalue weighted by molar-refractivity contribution is 0.0878. The van der Waals surface area contributed by atoms with Gasteiger partial charge in [-0.15, -0.1) is 0 Å². The fraction of sp³-hybridized carbons (Fsp3) is 0.364. The highest BCUT2D eigenvalue weighted by Crippen LogP contribution is 2.27. The molecule has 0 radical (unpaired) electrons. The van der Waals surface area contributed by atoms with Gasteiger partial charge >= 0.3 is 6.03 Å². The first-order valence-electron chi connectivity index (χ1n) is 9.65. The van der Waals surface area contributed by atoms with E-state index in [1.54, 1.807) is 37.3 Å². The SMILES string of the molecule is COc1ccc(C(=O)CN2CCN(C(=O)NCc3ccccc3)CC2)cc1OC. The van der Waals surface area contributed by atoms with Gasteiger partial charge in [0.05, 0.1) is 20.8 Å². The van der Waals surface area contributed by atoms with E-state index in [1.807, 2.05) is 30.3 Å². The molecule has 0 unspecified atom stereocenters. The van der Waals surface area contributed by atoms with Gasteiger partial charge in [0.15, 0.2) is 17.3 Å². The lowest BCUT2D eigenvalue weighted by Crippen LogP contribution is -2.52. The number of carbonyl (C=O) groups excluding carboxylic acids is 2. The molecule has 2 aromatic carbocycles. The maximum absolute atomic E-state index is 12.6. The van der Waals surface area contributed by atoms with Gasteiger partial charge in [-0.05, 0) is 23.8 Å². The van der Waals surface area contributed by atoms with Gasteiger partial charge in [-0.2, -0.15) is 0 Å². The van der Waals surface area contributed by atoms with E-state index in [2.05, 4.69) is 10.2 Å². The van der Waals surface area contributed by atoms with Crippen LogP contribution in [0.3, 0.4) is 0 Å². The quantitative estimate of drug-likeness (QED) is 0.727. The van der Waals surface area contributed by atoms with Crippen LogP contribution >= 0.6 is 0 Å². The zero-order chi connectivity index (χ0) is 20.6. The number of amides is 2. The zero-order valence-electron chi connectivity index (χ0n) is 16.9. The monoisotopic (exact) mass is 397 g/mol. The van der Waals surface area contributed by atoms with Crippen molar-refractivity contribution in [3.05, 3.63) is 59.7 Å². The second kappa shape index (κ2) is 9.93. The molecule has 1 aliphatic heterocycles. The number of nitrogens with one attached hydrogen (secondary N) is 1. The summed E-state index contributed by atoms with van der Waals surface area (Å²) >= 11 is 0. The Morgan fingerprint density at radius 3 is 2.28 bits per heavy atom. The molecule has 1 heterocycles. The number of ether oxygens (including phenoxy) is 2. The molecule has 29 heavy (non-hydrogen) atoms. The van der Waals surface area contributed by atoms with E-state index in [0.29, 0.717) is 56.3 Å². The third kappa shape index (κ3) is 5.48. The molecular weight excluding hydrogens is 370 g/mol. The Kier molecular flexibility index (Phi) is 7.08. The van der Waals surface area contributed by atoms with Crippen molar-refractivity contribution < 1.29 is 19.1 Å². The normalized spacial score (nSPS) is 14.3. The molecule has 2 amide bonds. The summed E-state index contributed by atoms with van der Waals surface area (Å²) < 4.78 is 10.5. The average Bonchev–Trinajstić information content (AvgIpc) is 2.78. The van der Waals surface area contributed by atoms with E-state index in [4.69, 9.17) is 9.47 Å². The van der Waals surface area contributed by atoms with Crippen LogP contribution in [0.1, 0.15) is 15.9 Å². The van der Waals surface area contributed by atoms with Crippen molar-refractivity contribution in [3.8, 4) is 11.5 Å². The first-order chi connectivity index (χ1) is 14.1. The molecule has 1 saturated heterocycles. The number of hydrogen-bond donors (Lipinski definition) is 1. The number of carbonyl (C=O) groups is 2. The molecule has 3 rings (SSSR count). The molecule has 1 aliphatic rings. The van der Waals surface area contributed by atoms with Gasteiger partial charge in [0, 0.05) is 38.3 Å². The number of rotatable bonds is 7. The highest BCUT2D eigenvalue weighted by atomic mass is 16.5. The Hall–Kier alpha value is -3.06. The molecule has 0 aromatic heterocycles. The van der Waals surface area contributed by atoms with E-state index in [0.717, 1.165) is 5.56 Å². The third-order valence-corrected chi connectivity index (χ3v) is 5.02. The summed E-state index contributed by atoms with van der Waals surface area (Å²) in [5, 5.41) is 2.95. The minimum absolute atomic E-state index is 0.0212. The van der Waals surface area contributed by atoms with Crippen LogP contribution in [0.5, 0.6) is 11.5 Å². The maximum atomic E-state index is 12.6. The molecule has 0 bridgehead atoms. The smallest absolute Gasteiger partial charge is 0.317 e. The Bertz CT molecular complexity index is 833. The van der Waals surface area contributed by atoms with Crippen molar-refractivity contribution >= 4 is 11.8 Å². The Morgan fingerprint density at radius 2 is 1.62 bits per heavy atom. The molecule has 0 atom stereocenters. The van der Waals surface area contributed by atoms with E-state index >= 15 is 0 Å². The van der Waals surface area contributed by atoms with Gasteiger partial charge in [-0.1, -0.05) is 30.3 Å². The second-order valence-corrected chi connectivity index (χ2v) is 6.90. The summed E-state index contributed by atoms with van der Waals surface area (Å²) in [6.07, 6.45) is 0. The minimum atomic E-state index is -0.0697. The molecule has 0 saturated carbocycles. The Labute approximate surface area is 171 Å². The van der Waals surface area contributed by atoms with Crippen LogP contribution in [0.2, 0.25) is 0 Å².